The van der Waals surface area contributed by atoms with Gasteiger partial charge in [-0.05, 0) is 24.6 Å². The molecule has 0 spiro atoms. The molecule has 1 aromatic carbocycles. The molecule has 23 heavy (non-hydrogen) atoms. The van der Waals surface area contributed by atoms with Crippen LogP contribution in [-0.4, -0.2) is 38.1 Å². The number of ether oxygens (including phenoxy) is 3. The fourth-order valence-corrected chi connectivity index (χ4v) is 2.42. The maximum absolute atomic E-state index is 9.20. The molecule has 4 nitrogen and oxygen atoms in total. The Labute approximate surface area is 139 Å². The van der Waals surface area contributed by atoms with E-state index in [2.05, 4.69) is 6.58 Å². The molecule has 0 aliphatic heterocycles. The molecule has 1 aromatic rings. The van der Waals surface area contributed by atoms with Crippen LogP contribution in [0.4, 0.5) is 0 Å². The molecule has 0 fully saturated rings. The second kappa shape index (κ2) is 10.2. The van der Waals surface area contributed by atoms with Crippen molar-refractivity contribution in [1.82, 2.24) is 0 Å². The zero-order valence-electron chi connectivity index (χ0n) is 14.5. The second-order valence-corrected chi connectivity index (χ2v) is 5.59. The summed E-state index contributed by atoms with van der Waals surface area (Å²) < 4.78 is 16.7. The zero-order chi connectivity index (χ0) is 17.2. The van der Waals surface area contributed by atoms with Crippen molar-refractivity contribution in [3.63, 3.8) is 0 Å². The Bertz CT molecular complexity index is 493. The van der Waals surface area contributed by atoms with Crippen LogP contribution >= 0.6 is 0 Å². The highest BCUT2D eigenvalue weighted by molar-refractivity contribution is 5.26. The summed E-state index contributed by atoms with van der Waals surface area (Å²) in [6, 6.07) is 7.78. The van der Waals surface area contributed by atoms with Crippen LogP contribution in [0.15, 0.2) is 48.6 Å². The van der Waals surface area contributed by atoms with Crippen LogP contribution in [0.3, 0.4) is 0 Å². The van der Waals surface area contributed by atoms with Crippen LogP contribution < -0.4 is 4.74 Å². The van der Waals surface area contributed by atoms with E-state index in [0.717, 1.165) is 16.9 Å². The Kier molecular flexibility index (Phi) is 8.62. The Morgan fingerprint density at radius 2 is 1.91 bits per heavy atom. The summed E-state index contributed by atoms with van der Waals surface area (Å²) in [7, 11) is 3.29. The first-order valence-electron chi connectivity index (χ1n) is 7.73. The quantitative estimate of drug-likeness (QED) is 0.672. The van der Waals surface area contributed by atoms with Crippen molar-refractivity contribution in [2.24, 2.45) is 5.92 Å². The fraction of sp³-hybridized carbons (Fsp3) is 0.474. The molecule has 3 atom stereocenters. The predicted octanol–water partition coefficient (Wildman–Crippen LogP) is 3.36. The van der Waals surface area contributed by atoms with Crippen LogP contribution in [0, 0.1) is 5.92 Å². The van der Waals surface area contributed by atoms with E-state index in [1.165, 1.54) is 0 Å². The van der Waals surface area contributed by atoms with Crippen LogP contribution in [0.1, 0.15) is 19.4 Å². The lowest BCUT2D eigenvalue weighted by Crippen LogP contribution is -2.34. The monoisotopic (exact) mass is 320 g/mol. The van der Waals surface area contributed by atoms with E-state index in [1.807, 2.05) is 44.2 Å². The Morgan fingerprint density at radius 3 is 2.39 bits per heavy atom. The van der Waals surface area contributed by atoms with Crippen LogP contribution in [-0.2, 0) is 16.1 Å². The van der Waals surface area contributed by atoms with Gasteiger partial charge in [0.05, 0.1) is 26.4 Å². The summed E-state index contributed by atoms with van der Waals surface area (Å²) in [5.74, 6) is 0.907. The third-order valence-electron chi connectivity index (χ3n) is 3.74. The summed E-state index contributed by atoms with van der Waals surface area (Å²) in [6.07, 6.45) is 3.36. The molecule has 0 radical (unpaired) electrons. The minimum Gasteiger partial charge on any atom is -0.497 e. The van der Waals surface area contributed by atoms with E-state index < -0.39 is 0 Å². The average molecular weight is 320 g/mol. The lowest BCUT2D eigenvalue weighted by atomic mass is 9.97. The van der Waals surface area contributed by atoms with Crippen molar-refractivity contribution in [3.8, 4) is 5.75 Å². The fourth-order valence-electron chi connectivity index (χ4n) is 2.42. The molecule has 4 heteroatoms. The predicted molar refractivity (Wildman–Crippen MR) is 92.6 cm³/mol. The number of rotatable bonds is 10. The third-order valence-corrected chi connectivity index (χ3v) is 3.74. The first-order valence-corrected chi connectivity index (χ1v) is 7.73. The first-order chi connectivity index (χ1) is 11.0. The zero-order valence-corrected chi connectivity index (χ0v) is 14.5. The Balaban J connectivity index is 2.81. The summed E-state index contributed by atoms with van der Waals surface area (Å²) >= 11 is 0. The molecule has 0 aliphatic carbocycles. The highest BCUT2D eigenvalue weighted by Crippen LogP contribution is 2.20. The van der Waals surface area contributed by atoms with Gasteiger partial charge in [-0.3, -0.25) is 0 Å². The van der Waals surface area contributed by atoms with Gasteiger partial charge in [-0.25, -0.2) is 0 Å². The van der Waals surface area contributed by atoms with Gasteiger partial charge in [0.1, 0.15) is 11.9 Å². The molecule has 0 amide bonds. The Hall–Kier alpha value is -1.62. The Morgan fingerprint density at radius 1 is 1.26 bits per heavy atom. The molecule has 0 aromatic heterocycles. The average Bonchev–Trinajstić information content (AvgIpc) is 2.58. The number of benzene rings is 1. The molecule has 0 saturated carbocycles. The van der Waals surface area contributed by atoms with Gasteiger partial charge in [-0.2, -0.15) is 0 Å². The van der Waals surface area contributed by atoms with Gasteiger partial charge in [-0.15, -0.1) is 6.58 Å². The van der Waals surface area contributed by atoms with E-state index >= 15 is 0 Å². The van der Waals surface area contributed by atoms with E-state index in [-0.39, 0.29) is 24.7 Å². The number of methoxy groups -OCH3 is 2. The molecule has 1 N–H and O–H groups in total. The summed E-state index contributed by atoms with van der Waals surface area (Å²) in [4.78, 5) is 0. The summed E-state index contributed by atoms with van der Waals surface area (Å²) in [5, 5.41) is 9.20. The molecular formula is C19H28O4. The second-order valence-electron chi connectivity index (χ2n) is 5.59. The maximum Gasteiger partial charge on any atom is 0.118 e. The van der Waals surface area contributed by atoms with Gasteiger partial charge in [0, 0.05) is 13.0 Å². The lowest BCUT2D eigenvalue weighted by Gasteiger charge is -2.28. The number of aliphatic hydroxyl groups is 1. The van der Waals surface area contributed by atoms with Crippen LogP contribution in [0.25, 0.3) is 0 Å². The van der Waals surface area contributed by atoms with E-state index in [0.29, 0.717) is 6.61 Å². The lowest BCUT2D eigenvalue weighted by molar-refractivity contribution is -0.0606. The molecular weight excluding hydrogens is 292 g/mol. The third kappa shape index (κ3) is 6.18. The van der Waals surface area contributed by atoms with Gasteiger partial charge in [0.25, 0.3) is 0 Å². The van der Waals surface area contributed by atoms with Gasteiger partial charge >= 0.3 is 0 Å². The van der Waals surface area contributed by atoms with E-state index in [1.54, 1.807) is 20.3 Å². The van der Waals surface area contributed by atoms with Crippen LogP contribution in [0.5, 0.6) is 5.75 Å². The highest BCUT2D eigenvalue weighted by atomic mass is 16.5. The molecule has 0 heterocycles. The van der Waals surface area contributed by atoms with Crippen molar-refractivity contribution in [1.29, 1.82) is 0 Å². The van der Waals surface area contributed by atoms with Crippen molar-refractivity contribution < 1.29 is 19.3 Å². The van der Waals surface area contributed by atoms with Crippen molar-refractivity contribution in [3.05, 3.63) is 54.1 Å². The topological polar surface area (TPSA) is 47.9 Å². The van der Waals surface area contributed by atoms with Crippen molar-refractivity contribution in [2.45, 2.75) is 32.7 Å². The largest absolute Gasteiger partial charge is 0.497 e. The molecule has 0 bridgehead atoms. The normalized spacial score (nSPS) is 15.8. The molecule has 0 saturated heterocycles. The van der Waals surface area contributed by atoms with Crippen molar-refractivity contribution in [2.75, 3.05) is 20.8 Å². The molecule has 1 rings (SSSR count). The molecule has 0 aliphatic rings. The molecule has 128 valence electrons. The van der Waals surface area contributed by atoms with Gasteiger partial charge in [0.2, 0.25) is 0 Å². The summed E-state index contributed by atoms with van der Waals surface area (Å²) in [6.45, 7) is 8.28. The van der Waals surface area contributed by atoms with Gasteiger partial charge in [0.15, 0.2) is 0 Å². The van der Waals surface area contributed by atoms with Gasteiger partial charge in [-0.1, -0.05) is 36.8 Å². The van der Waals surface area contributed by atoms with Crippen LogP contribution in [0.2, 0.25) is 0 Å². The van der Waals surface area contributed by atoms with Gasteiger partial charge < -0.3 is 19.3 Å². The van der Waals surface area contributed by atoms with E-state index in [9.17, 15) is 5.11 Å². The minimum atomic E-state index is -0.217. The smallest absolute Gasteiger partial charge is 0.118 e. The summed E-state index contributed by atoms with van der Waals surface area (Å²) in [5.41, 5.74) is 1.97. The highest BCUT2D eigenvalue weighted by Gasteiger charge is 2.24. The number of hydrogen-bond donors (Lipinski definition) is 1. The SMILES string of the molecule is C=C[C@H](OC)[C@@H](OCc1ccc(OC)cc1)[C@H](C)/C=C(\C)CO. The molecule has 0 unspecified atom stereocenters. The number of hydrogen-bond acceptors (Lipinski definition) is 4. The first kappa shape index (κ1) is 19.4. The number of aliphatic hydroxyl groups excluding tert-OH is 1. The minimum absolute atomic E-state index is 0.0429. The standard InChI is InChI=1S/C19H28O4/c1-6-18(22-5)19(15(3)11-14(2)12-20)23-13-16-7-9-17(21-4)10-8-16/h6-11,15,18-20H,1,12-13H2,2-5H3/b14-11+/t15-,18+,19+/m1/s1. The van der Waals surface area contributed by atoms with E-state index in [4.69, 9.17) is 14.2 Å². The van der Waals surface area contributed by atoms with Crippen molar-refractivity contribution >= 4 is 0 Å². The maximum atomic E-state index is 9.20.